The summed E-state index contributed by atoms with van der Waals surface area (Å²) < 4.78 is 37.4. The van der Waals surface area contributed by atoms with E-state index in [1.807, 2.05) is 0 Å². The zero-order valence-electron chi connectivity index (χ0n) is 7.54. The summed E-state index contributed by atoms with van der Waals surface area (Å²) in [4.78, 5) is 11.3. The first-order valence-corrected chi connectivity index (χ1v) is 6.22. The van der Waals surface area contributed by atoms with Crippen LogP contribution in [0, 0.1) is 0 Å². The van der Waals surface area contributed by atoms with E-state index >= 15 is 0 Å². The van der Waals surface area contributed by atoms with E-state index in [9.17, 15) is 18.0 Å². The molecule has 1 aromatic rings. The molecule has 1 nitrogen and oxygen atoms in total. The van der Waals surface area contributed by atoms with Crippen molar-refractivity contribution in [2.75, 3.05) is 5.33 Å². The topological polar surface area (TPSA) is 17.1 Å². The Morgan fingerprint density at radius 3 is 2.38 bits per heavy atom. The van der Waals surface area contributed by atoms with Crippen LogP contribution in [0.4, 0.5) is 13.2 Å². The minimum absolute atomic E-state index is 0.0162. The van der Waals surface area contributed by atoms with Gasteiger partial charge in [-0.1, -0.05) is 27.5 Å². The molecule has 0 aliphatic rings. The van der Waals surface area contributed by atoms with E-state index in [4.69, 9.17) is 11.6 Å². The Morgan fingerprint density at radius 1 is 1.38 bits per heavy atom. The Kier molecular flexibility index (Phi) is 4.42. The first-order chi connectivity index (χ1) is 7.27. The summed E-state index contributed by atoms with van der Waals surface area (Å²) in [6, 6.07) is 1.59. The molecule has 0 N–H and O–H groups in total. The fourth-order valence-corrected chi connectivity index (χ4v) is 2.00. The van der Waals surface area contributed by atoms with Crippen molar-refractivity contribution in [2.24, 2.45) is 0 Å². The van der Waals surface area contributed by atoms with Crippen LogP contribution >= 0.6 is 43.5 Å². The van der Waals surface area contributed by atoms with Gasteiger partial charge in [0.1, 0.15) is 0 Å². The van der Waals surface area contributed by atoms with Crippen LogP contribution in [0.5, 0.6) is 0 Å². The molecule has 0 unspecified atom stereocenters. The van der Waals surface area contributed by atoms with Crippen LogP contribution < -0.4 is 0 Å². The molecule has 1 rings (SSSR count). The Morgan fingerprint density at radius 2 is 1.94 bits per heavy atom. The number of halogens is 6. The molecular formula is C9H4Br2ClF3O. The van der Waals surface area contributed by atoms with Crippen molar-refractivity contribution in [3.8, 4) is 0 Å². The average Bonchev–Trinajstić information content (AvgIpc) is 2.19. The number of hydrogen-bond donors (Lipinski definition) is 0. The molecule has 0 saturated heterocycles. The van der Waals surface area contributed by atoms with E-state index in [0.717, 1.165) is 12.1 Å². The molecule has 1 aromatic carbocycles. The van der Waals surface area contributed by atoms with Crippen molar-refractivity contribution in [3.05, 3.63) is 32.8 Å². The lowest BCUT2D eigenvalue weighted by atomic mass is 10.1. The number of hydrogen-bond acceptors (Lipinski definition) is 1. The molecule has 0 saturated carbocycles. The second-order valence-electron chi connectivity index (χ2n) is 2.87. The van der Waals surface area contributed by atoms with Gasteiger partial charge in [-0.15, -0.1) is 0 Å². The fourth-order valence-electron chi connectivity index (χ4n) is 1.03. The fraction of sp³-hybridized carbons (Fsp3) is 0.222. The molecule has 0 spiro atoms. The van der Waals surface area contributed by atoms with E-state index < -0.39 is 17.5 Å². The highest BCUT2D eigenvalue weighted by Gasteiger charge is 2.32. The van der Waals surface area contributed by atoms with Crippen molar-refractivity contribution < 1.29 is 18.0 Å². The molecule has 0 heterocycles. The Hall–Kier alpha value is -0.0700. The Labute approximate surface area is 111 Å². The van der Waals surface area contributed by atoms with Gasteiger partial charge in [0.15, 0.2) is 5.78 Å². The lowest BCUT2D eigenvalue weighted by Crippen LogP contribution is -2.09. The van der Waals surface area contributed by atoms with Gasteiger partial charge in [0, 0.05) is 10.0 Å². The smallest absolute Gasteiger partial charge is 0.293 e. The van der Waals surface area contributed by atoms with Gasteiger partial charge in [0.2, 0.25) is 0 Å². The van der Waals surface area contributed by atoms with Crippen LogP contribution in [-0.4, -0.2) is 11.1 Å². The first-order valence-electron chi connectivity index (χ1n) is 3.92. The molecule has 0 atom stereocenters. The van der Waals surface area contributed by atoms with Gasteiger partial charge >= 0.3 is 6.18 Å². The van der Waals surface area contributed by atoms with Gasteiger partial charge in [-0.05, 0) is 28.1 Å². The summed E-state index contributed by atoms with van der Waals surface area (Å²) in [5.41, 5.74) is -1.06. The van der Waals surface area contributed by atoms with Gasteiger partial charge in [-0.25, -0.2) is 0 Å². The standard InChI is InChI=1S/C9H4Br2ClF3O/c10-3-7(16)5-1-4(9(13,14)15)2-6(11)8(5)12/h1-2H,3H2. The monoisotopic (exact) mass is 378 g/mol. The summed E-state index contributed by atoms with van der Waals surface area (Å²) in [6.07, 6.45) is -4.51. The summed E-state index contributed by atoms with van der Waals surface area (Å²) in [6.45, 7) is 0. The third kappa shape index (κ3) is 2.99. The summed E-state index contributed by atoms with van der Waals surface area (Å²) in [5.74, 6) is -0.503. The average molecular weight is 380 g/mol. The Balaban J connectivity index is 3.39. The van der Waals surface area contributed by atoms with Gasteiger partial charge in [-0.2, -0.15) is 13.2 Å². The van der Waals surface area contributed by atoms with Gasteiger partial charge in [0.25, 0.3) is 0 Å². The maximum atomic E-state index is 12.5. The number of ketones is 1. The normalized spacial score (nSPS) is 11.6. The zero-order chi connectivity index (χ0) is 12.5. The van der Waals surface area contributed by atoms with Crippen LogP contribution in [0.3, 0.4) is 0 Å². The van der Waals surface area contributed by atoms with E-state index in [1.165, 1.54) is 0 Å². The van der Waals surface area contributed by atoms with Gasteiger partial charge in [-0.3, -0.25) is 4.79 Å². The maximum Gasteiger partial charge on any atom is 0.416 e. The van der Waals surface area contributed by atoms with Crippen molar-refractivity contribution in [2.45, 2.75) is 6.18 Å². The minimum Gasteiger partial charge on any atom is -0.293 e. The SMILES string of the molecule is O=C(CBr)c1cc(C(F)(F)F)cc(Br)c1Cl. The van der Waals surface area contributed by atoms with Crippen molar-refractivity contribution in [1.29, 1.82) is 0 Å². The maximum absolute atomic E-state index is 12.5. The van der Waals surface area contributed by atoms with Crippen molar-refractivity contribution in [1.82, 2.24) is 0 Å². The van der Waals surface area contributed by atoms with E-state index in [1.54, 1.807) is 0 Å². The van der Waals surface area contributed by atoms with E-state index in [-0.39, 0.29) is 20.4 Å². The van der Waals surface area contributed by atoms with Crippen LogP contribution in [0.1, 0.15) is 15.9 Å². The van der Waals surface area contributed by atoms with Crippen LogP contribution in [0.25, 0.3) is 0 Å². The van der Waals surface area contributed by atoms with Gasteiger partial charge in [0.05, 0.1) is 15.9 Å². The second-order valence-corrected chi connectivity index (χ2v) is 4.67. The third-order valence-electron chi connectivity index (χ3n) is 1.78. The molecule has 0 fully saturated rings. The number of alkyl halides is 4. The molecule has 0 radical (unpaired) electrons. The third-order valence-corrected chi connectivity index (χ3v) is 3.55. The van der Waals surface area contributed by atoms with Crippen molar-refractivity contribution >= 4 is 49.2 Å². The van der Waals surface area contributed by atoms with Crippen LogP contribution in [0.2, 0.25) is 5.02 Å². The number of Topliss-reactive ketones (excluding diaryl/α,β-unsaturated/α-hetero) is 1. The molecule has 0 bridgehead atoms. The number of rotatable bonds is 2. The second kappa shape index (κ2) is 5.06. The number of carbonyl (C=O) groups excluding carboxylic acids is 1. The molecule has 88 valence electrons. The zero-order valence-corrected chi connectivity index (χ0v) is 11.5. The van der Waals surface area contributed by atoms with Crippen molar-refractivity contribution in [3.63, 3.8) is 0 Å². The molecular weight excluding hydrogens is 376 g/mol. The lowest BCUT2D eigenvalue weighted by Gasteiger charge is -2.10. The van der Waals surface area contributed by atoms with E-state index in [0.29, 0.717) is 0 Å². The molecule has 0 aliphatic carbocycles. The quantitative estimate of drug-likeness (QED) is 0.537. The molecule has 7 heteroatoms. The number of benzene rings is 1. The molecule has 0 aliphatic heterocycles. The molecule has 0 aromatic heterocycles. The first kappa shape index (κ1) is 14.0. The summed E-state index contributed by atoms with van der Waals surface area (Å²) in [5, 5.41) is -0.0991. The predicted molar refractivity (Wildman–Crippen MR) is 62.3 cm³/mol. The minimum atomic E-state index is -4.51. The Bertz CT molecular complexity index is 431. The highest BCUT2D eigenvalue weighted by atomic mass is 79.9. The highest BCUT2D eigenvalue weighted by Crippen LogP contribution is 2.36. The van der Waals surface area contributed by atoms with Gasteiger partial charge < -0.3 is 0 Å². The summed E-state index contributed by atoms with van der Waals surface area (Å²) >= 11 is 11.5. The molecule has 16 heavy (non-hydrogen) atoms. The van der Waals surface area contributed by atoms with Crippen LogP contribution in [0.15, 0.2) is 16.6 Å². The lowest BCUT2D eigenvalue weighted by molar-refractivity contribution is -0.137. The summed E-state index contributed by atoms with van der Waals surface area (Å²) in [7, 11) is 0. The van der Waals surface area contributed by atoms with E-state index in [2.05, 4.69) is 31.9 Å². The number of carbonyl (C=O) groups is 1. The highest BCUT2D eigenvalue weighted by molar-refractivity contribution is 9.10. The van der Waals surface area contributed by atoms with Crippen LogP contribution in [-0.2, 0) is 6.18 Å². The largest absolute Gasteiger partial charge is 0.416 e. The predicted octanol–water partition coefficient (Wildman–Crippen LogP) is 4.70. The molecule has 0 amide bonds.